The van der Waals surface area contributed by atoms with Crippen LogP contribution < -0.4 is 5.32 Å². The molecule has 0 aliphatic heterocycles. The molecule has 0 aliphatic rings. The number of phenolic OH excluding ortho intramolecular Hbond substituents is 1. The number of aromatic hydroxyl groups is 1. The molecule has 0 atom stereocenters. The molecular formula is C13H8Cl2FNO2. The first-order valence-corrected chi connectivity index (χ1v) is 5.98. The summed E-state index contributed by atoms with van der Waals surface area (Å²) in [4.78, 5) is 11.9. The molecule has 2 aromatic carbocycles. The fraction of sp³-hybridized carbons (Fsp3) is 0. The Hall–Kier alpha value is -1.78. The fourth-order valence-corrected chi connectivity index (χ4v) is 1.75. The first kappa shape index (κ1) is 13.6. The Balaban J connectivity index is 2.23. The lowest BCUT2D eigenvalue weighted by Crippen LogP contribution is -2.12. The van der Waals surface area contributed by atoms with Crippen molar-refractivity contribution in [3.63, 3.8) is 0 Å². The van der Waals surface area contributed by atoms with Crippen LogP contribution in [0.5, 0.6) is 5.75 Å². The summed E-state index contributed by atoms with van der Waals surface area (Å²) in [6, 6.07) is 7.97. The molecule has 2 aromatic rings. The highest BCUT2D eigenvalue weighted by Crippen LogP contribution is 2.24. The van der Waals surface area contributed by atoms with Crippen LogP contribution in [0.4, 0.5) is 10.1 Å². The Bertz CT molecular complexity index is 647. The van der Waals surface area contributed by atoms with Crippen molar-refractivity contribution in [3.05, 3.63) is 57.8 Å². The van der Waals surface area contributed by atoms with Crippen molar-refractivity contribution in [2.45, 2.75) is 0 Å². The molecule has 0 unspecified atom stereocenters. The van der Waals surface area contributed by atoms with Gasteiger partial charge < -0.3 is 10.4 Å². The summed E-state index contributed by atoms with van der Waals surface area (Å²) in [5.41, 5.74) is 0.279. The summed E-state index contributed by atoms with van der Waals surface area (Å²) < 4.78 is 13.2. The van der Waals surface area contributed by atoms with Crippen molar-refractivity contribution < 1.29 is 14.3 Å². The van der Waals surface area contributed by atoms with Gasteiger partial charge in [-0.1, -0.05) is 23.2 Å². The summed E-state index contributed by atoms with van der Waals surface area (Å²) in [5.74, 6) is -1.46. The first-order valence-electron chi connectivity index (χ1n) is 5.22. The molecule has 6 heteroatoms. The highest BCUT2D eigenvalue weighted by Gasteiger charge is 2.12. The average molecular weight is 300 g/mol. The van der Waals surface area contributed by atoms with E-state index in [4.69, 9.17) is 23.2 Å². The molecule has 0 fully saturated rings. The Kier molecular flexibility index (Phi) is 3.93. The maximum atomic E-state index is 13.2. The van der Waals surface area contributed by atoms with Crippen molar-refractivity contribution >= 4 is 34.8 Å². The second-order valence-corrected chi connectivity index (χ2v) is 4.59. The molecule has 2 rings (SSSR count). The van der Waals surface area contributed by atoms with Crippen LogP contribution in [-0.2, 0) is 0 Å². The number of carbonyl (C=O) groups is 1. The van der Waals surface area contributed by atoms with Crippen molar-refractivity contribution in [1.29, 1.82) is 0 Å². The van der Waals surface area contributed by atoms with E-state index < -0.39 is 11.7 Å². The van der Waals surface area contributed by atoms with Gasteiger partial charge in [-0.2, -0.15) is 0 Å². The molecule has 0 heterocycles. The van der Waals surface area contributed by atoms with Gasteiger partial charge in [0.2, 0.25) is 0 Å². The van der Waals surface area contributed by atoms with Gasteiger partial charge >= 0.3 is 0 Å². The van der Waals surface area contributed by atoms with Gasteiger partial charge in [-0.15, -0.1) is 0 Å². The number of phenols is 1. The molecule has 0 saturated carbocycles. The van der Waals surface area contributed by atoms with E-state index in [9.17, 15) is 14.3 Å². The minimum atomic E-state index is -0.639. The van der Waals surface area contributed by atoms with E-state index in [1.807, 2.05) is 0 Å². The zero-order valence-corrected chi connectivity index (χ0v) is 11.0. The second-order valence-electron chi connectivity index (χ2n) is 3.74. The normalized spacial score (nSPS) is 10.3. The fourth-order valence-electron chi connectivity index (χ4n) is 1.47. The zero-order chi connectivity index (χ0) is 14.0. The van der Waals surface area contributed by atoms with Gasteiger partial charge in [0.1, 0.15) is 11.6 Å². The predicted octanol–water partition coefficient (Wildman–Crippen LogP) is 4.09. The summed E-state index contributed by atoms with van der Waals surface area (Å²) in [6.45, 7) is 0. The van der Waals surface area contributed by atoms with Crippen LogP contribution in [0.15, 0.2) is 36.4 Å². The number of rotatable bonds is 2. The highest BCUT2D eigenvalue weighted by atomic mass is 35.5. The molecule has 0 saturated heterocycles. The number of hydrogen-bond donors (Lipinski definition) is 2. The van der Waals surface area contributed by atoms with Gasteiger partial charge in [0.25, 0.3) is 5.91 Å². The van der Waals surface area contributed by atoms with E-state index >= 15 is 0 Å². The Morgan fingerprint density at radius 3 is 2.53 bits per heavy atom. The molecule has 0 aliphatic carbocycles. The SMILES string of the molecule is O=C(Nc1ccc(Cl)c(F)c1)c1ccc(Cl)cc1O. The molecule has 0 aromatic heterocycles. The third kappa shape index (κ3) is 3.16. The molecule has 3 nitrogen and oxygen atoms in total. The zero-order valence-electron chi connectivity index (χ0n) is 9.45. The minimum Gasteiger partial charge on any atom is -0.507 e. The molecule has 98 valence electrons. The van der Waals surface area contributed by atoms with Gasteiger partial charge in [0.05, 0.1) is 10.6 Å². The molecule has 0 bridgehead atoms. The maximum Gasteiger partial charge on any atom is 0.259 e. The lowest BCUT2D eigenvalue weighted by Gasteiger charge is -2.07. The highest BCUT2D eigenvalue weighted by molar-refractivity contribution is 6.31. The van der Waals surface area contributed by atoms with Gasteiger partial charge in [0.15, 0.2) is 0 Å². The number of halogens is 3. The van der Waals surface area contributed by atoms with E-state index in [1.54, 1.807) is 0 Å². The minimum absolute atomic E-state index is 0.0349. The molecule has 2 N–H and O–H groups in total. The van der Waals surface area contributed by atoms with Crippen LogP contribution in [0.1, 0.15) is 10.4 Å². The third-order valence-corrected chi connectivity index (χ3v) is 2.92. The number of anilines is 1. The number of carbonyl (C=O) groups excluding carboxylic acids is 1. The second kappa shape index (κ2) is 5.47. The van der Waals surface area contributed by atoms with Crippen molar-refractivity contribution in [1.82, 2.24) is 0 Å². The summed E-state index contributed by atoms with van der Waals surface area (Å²) >= 11 is 11.2. The van der Waals surface area contributed by atoms with Gasteiger partial charge in [-0.3, -0.25) is 4.79 Å². The topological polar surface area (TPSA) is 49.3 Å². The standard InChI is InChI=1S/C13H8Cl2FNO2/c14-7-1-3-9(12(18)5-7)13(19)17-8-2-4-10(15)11(16)6-8/h1-6,18H,(H,17,19). The third-order valence-electron chi connectivity index (χ3n) is 2.38. The van der Waals surface area contributed by atoms with Crippen LogP contribution in [-0.4, -0.2) is 11.0 Å². The van der Waals surface area contributed by atoms with Crippen molar-refractivity contribution in [2.24, 2.45) is 0 Å². The maximum absolute atomic E-state index is 13.2. The molecule has 19 heavy (non-hydrogen) atoms. The Morgan fingerprint density at radius 1 is 1.16 bits per heavy atom. The van der Waals surface area contributed by atoms with Gasteiger partial charge in [0, 0.05) is 10.7 Å². The Labute approximate surface area is 118 Å². The van der Waals surface area contributed by atoms with Crippen LogP contribution in [0.25, 0.3) is 0 Å². The number of nitrogens with one attached hydrogen (secondary N) is 1. The number of amides is 1. The monoisotopic (exact) mass is 299 g/mol. The van der Waals surface area contributed by atoms with Crippen LogP contribution >= 0.6 is 23.2 Å². The largest absolute Gasteiger partial charge is 0.507 e. The molecule has 1 amide bonds. The van der Waals surface area contributed by atoms with Crippen LogP contribution in [0.2, 0.25) is 10.0 Å². The van der Waals surface area contributed by atoms with E-state index in [0.717, 1.165) is 6.07 Å². The van der Waals surface area contributed by atoms with E-state index in [0.29, 0.717) is 5.02 Å². The lowest BCUT2D eigenvalue weighted by molar-refractivity contribution is 0.102. The Morgan fingerprint density at radius 2 is 1.89 bits per heavy atom. The predicted molar refractivity (Wildman–Crippen MR) is 72.5 cm³/mol. The van der Waals surface area contributed by atoms with Crippen LogP contribution in [0, 0.1) is 5.82 Å². The molecule has 0 spiro atoms. The van der Waals surface area contributed by atoms with Gasteiger partial charge in [-0.25, -0.2) is 4.39 Å². The molecular weight excluding hydrogens is 292 g/mol. The smallest absolute Gasteiger partial charge is 0.259 e. The number of benzene rings is 2. The van der Waals surface area contributed by atoms with Crippen molar-refractivity contribution in [3.8, 4) is 5.75 Å². The first-order chi connectivity index (χ1) is 8.97. The van der Waals surface area contributed by atoms with Crippen molar-refractivity contribution in [2.75, 3.05) is 5.32 Å². The quantitative estimate of drug-likeness (QED) is 0.877. The summed E-state index contributed by atoms with van der Waals surface area (Å²) in [7, 11) is 0. The lowest BCUT2D eigenvalue weighted by atomic mass is 10.2. The van der Waals surface area contributed by atoms with E-state index in [1.165, 1.54) is 30.3 Å². The molecule has 0 radical (unpaired) electrons. The van der Waals surface area contributed by atoms with Crippen LogP contribution in [0.3, 0.4) is 0 Å². The summed E-state index contributed by atoms with van der Waals surface area (Å²) in [5, 5.41) is 12.3. The average Bonchev–Trinajstić information content (AvgIpc) is 2.33. The number of hydrogen-bond acceptors (Lipinski definition) is 2. The van der Waals surface area contributed by atoms with E-state index in [-0.39, 0.29) is 22.0 Å². The van der Waals surface area contributed by atoms with E-state index in [2.05, 4.69) is 5.32 Å². The van der Waals surface area contributed by atoms with Gasteiger partial charge in [-0.05, 0) is 36.4 Å². The summed E-state index contributed by atoms with van der Waals surface area (Å²) in [6.07, 6.45) is 0.